The first-order valence-corrected chi connectivity index (χ1v) is 16.5. The number of aromatic nitrogens is 2. The molecule has 0 fully saturated rings. The smallest absolute Gasteiger partial charge is 0.225 e. The number of hydrogen-bond acceptors (Lipinski definition) is 1. The molecule has 1 heterocycles. The van der Waals surface area contributed by atoms with Crippen LogP contribution in [0.4, 0.5) is 0 Å². The zero-order valence-electron chi connectivity index (χ0n) is 28.0. The van der Waals surface area contributed by atoms with Crippen LogP contribution in [0.2, 0.25) is 0 Å². The van der Waals surface area contributed by atoms with E-state index in [0.29, 0.717) is 5.56 Å². The molecule has 0 aliphatic carbocycles. The van der Waals surface area contributed by atoms with Gasteiger partial charge in [-0.1, -0.05) is 113 Å². The zero-order valence-corrected chi connectivity index (χ0v) is 28.0. The highest BCUT2D eigenvalue weighted by molar-refractivity contribution is 5.90. The minimum atomic E-state index is 0.262. The van der Waals surface area contributed by atoms with Crippen molar-refractivity contribution in [3.05, 3.63) is 144 Å². The fourth-order valence-electron chi connectivity index (χ4n) is 7.03. The third kappa shape index (κ3) is 5.30. The van der Waals surface area contributed by atoms with Gasteiger partial charge in [-0.3, -0.25) is 0 Å². The molecule has 0 aliphatic heterocycles. The Labute approximate surface area is 278 Å². The Balaban J connectivity index is 1.53. The van der Waals surface area contributed by atoms with Crippen LogP contribution >= 0.6 is 0 Å². The summed E-state index contributed by atoms with van der Waals surface area (Å²) in [5, 5.41) is 12.4. The number of imidazole rings is 1. The molecule has 3 nitrogen and oxygen atoms in total. The molecular weight excluding hydrogens is 571 g/mol. The van der Waals surface area contributed by atoms with Gasteiger partial charge in [0.05, 0.1) is 24.2 Å². The van der Waals surface area contributed by atoms with Gasteiger partial charge in [0.15, 0.2) is 11.0 Å². The van der Waals surface area contributed by atoms with E-state index in [4.69, 9.17) is 0 Å². The average Bonchev–Trinajstić information content (AvgIpc) is 3.38. The fourth-order valence-corrected chi connectivity index (χ4v) is 7.03. The maximum atomic E-state index is 9.99. The van der Waals surface area contributed by atoms with Crippen LogP contribution < -0.4 is 4.57 Å². The van der Waals surface area contributed by atoms with Crippen molar-refractivity contribution in [1.29, 1.82) is 5.26 Å². The molecule has 230 valence electrons. The summed E-state index contributed by atoms with van der Waals surface area (Å²) < 4.78 is 4.75. The van der Waals surface area contributed by atoms with E-state index in [1.807, 2.05) is 6.07 Å². The molecule has 0 N–H and O–H groups in total. The van der Waals surface area contributed by atoms with Crippen molar-refractivity contribution in [2.24, 2.45) is 7.05 Å². The van der Waals surface area contributed by atoms with E-state index in [-0.39, 0.29) is 11.8 Å². The molecule has 0 spiro atoms. The molecule has 0 unspecified atom stereocenters. The van der Waals surface area contributed by atoms with Crippen molar-refractivity contribution in [2.75, 3.05) is 0 Å². The van der Waals surface area contributed by atoms with Gasteiger partial charge in [0, 0.05) is 17.2 Å². The van der Waals surface area contributed by atoms with Crippen LogP contribution in [0.25, 0.3) is 61.1 Å². The number of benzene rings is 6. The van der Waals surface area contributed by atoms with E-state index >= 15 is 0 Å². The molecule has 7 rings (SSSR count). The second kappa shape index (κ2) is 12.0. The predicted molar refractivity (Wildman–Crippen MR) is 196 cm³/mol. The summed E-state index contributed by atoms with van der Waals surface area (Å²) in [4.78, 5) is 0. The van der Waals surface area contributed by atoms with Gasteiger partial charge in [-0.2, -0.15) is 9.83 Å². The Morgan fingerprint density at radius 1 is 0.617 bits per heavy atom. The van der Waals surface area contributed by atoms with Gasteiger partial charge in [-0.25, -0.2) is 4.57 Å². The summed E-state index contributed by atoms with van der Waals surface area (Å²) in [5.41, 5.74) is 13.9. The highest BCUT2D eigenvalue weighted by Crippen LogP contribution is 2.41. The monoisotopic (exact) mass is 610 g/mol. The first kappa shape index (κ1) is 30.2. The maximum absolute atomic E-state index is 9.99. The van der Waals surface area contributed by atoms with Gasteiger partial charge < -0.3 is 0 Å². The minimum Gasteiger partial charge on any atom is -0.225 e. The molecule has 0 amide bonds. The predicted octanol–water partition coefficient (Wildman–Crippen LogP) is 11.0. The summed E-state index contributed by atoms with van der Waals surface area (Å²) in [6, 6.07) is 46.0. The quantitative estimate of drug-likeness (QED) is 0.172. The first-order valence-electron chi connectivity index (χ1n) is 16.5. The van der Waals surface area contributed by atoms with Crippen molar-refractivity contribution in [3.8, 4) is 45.4 Å². The molecule has 0 aliphatic rings. The van der Waals surface area contributed by atoms with Gasteiger partial charge in [0.2, 0.25) is 0 Å². The lowest BCUT2D eigenvalue weighted by Crippen LogP contribution is -2.30. The maximum Gasteiger partial charge on any atom is 0.295 e. The van der Waals surface area contributed by atoms with Crippen LogP contribution in [0.1, 0.15) is 61.8 Å². The van der Waals surface area contributed by atoms with Gasteiger partial charge in [0.25, 0.3) is 5.82 Å². The molecular formula is C44H40N3+. The number of fused-ring (bicyclic) bond motifs is 2. The second-order valence-corrected chi connectivity index (χ2v) is 13.3. The highest BCUT2D eigenvalue weighted by Gasteiger charge is 2.32. The topological polar surface area (TPSA) is 32.6 Å². The molecule has 6 aromatic carbocycles. The van der Waals surface area contributed by atoms with Crippen LogP contribution in [-0.4, -0.2) is 4.57 Å². The lowest BCUT2D eigenvalue weighted by molar-refractivity contribution is -0.633. The highest BCUT2D eigenvalue weighted by atomic mass is 15.2. The SMILES string of the molecule is Cc1cc2ccccc2cc1-c1n(-c2c(C(C)C)cc(-c3ccc(-c4ccccc4)cc3)cc2C(C)C)c2cc(C#N)ccc2[n+]1C. The van der Waals surface area contributed by atoms with Gasteiger partial charge in [0.1, 0.15) is 5.69 Å². The number of nitrogens with zero attached hydrogens (tertiary/aromatic N) is 3. The summed E-state index contributed by atoms with van der Waals surface area (Å²) in [5.74, 6) is 1.64. The standard InChI is InChI=1S/C44H40N3/c1-28(2)38-25-37(34-19-17-33(18-20-34)32-12-8-7-9-13-32)26-39(29(3)4)43(38)47-42-23-31(27-45)16-21-41(42)46(6)44(47)40-24-36-15-11-10-14-35(36)22-30(40)5/h7-26,28-29H,1-6H3/q+1. The van der Waals surface area contributed by atoms with Crippen molar-refractivity contribution < 1.29 is 4.57 Å². The van der Waals surface area contributed by atoms with Gasteiger partial charge >= 0.3 is 0 Å². The van der Waals surface area contributed by atoms with Crippen molar-refractivity contribution in [2.45, 2.75) is 46.5 Å². The second-order valence-electron chi connectivity index (χ2n) is 13.3. The summed E-state index contributed by atoms with van der Waals surface area (Å²) in [6.07, 6.45) is 0. The fraction of sp³-hybridized carbons (Fsp3) is 0.182. The summed E-state index contributed by atoms with van der Waals surface area (Å²) in [6.45, 7) is 11.4. The van der Waals surface area contributed by atoms with Crippen LogP contribution in [0, 0.1) is 18.3 Å². The summed E-state index contributed by atoms with van der Waals surface area (Å²) in [7, 11) is 2.15. The molecule has 0 saturated carbocycles. The molecule has 0 atom stereocenters. The minimum absolute atomic E-state index is 0.262. The molecule has 0 radical (unpaired) electrons. The number of aryl methyl sites for hydroxylation is 2. The largest absolute Gasteiger partial charge is 0.295 e. The number of nitriles is 1. The van der Waals surface area contributed by atoms with Gasteiger partial charge in [-0.05, 0) is 87.7 Å². The third-order valence-electron chi connectivity index (χ3n) is 9.53. The van der Waals surface area contributed by atoms with Crippen molar-refractivity contribution >= 4 is 21.8 Å². The molecule has 0 bridgehead atoms. The van der Waals surface area contributed by atoms with E-state index < -0.39 is 0 Å². The molecule has 3 heteroatoms. The van der Waals surface area contributed by atoms with Crippen molar-refractivity contribution in [3.63, 3.8) is 0 Å². The summed E-state index contributed by atoms with van der Waals surface area (Å²) >= 11 is 0. The Morgan fingerprint density at radius 2 is 1.17 bits per heavy atom. The molecule has 0 saturated heterocycles. The Morgan fingerprint density at radius 3 is 1.77 bits per heavy atom. The van der Waals surface area contributed by atoms with E-state index in [1.54, 1.807) is 0 Å². The Bertz CT molecular complexity index is 2290. The van der Waals surface area contributed by atoms with E-state index in [1.165, 1.54) is 61.0 Å². The first-order chi connectivity index (χ1) is 22.7. The van der Waals surface area contributed by atoms with Crippen LogP contribution in [0.3, 0.4) is 0 Å². The van der Waals surface area contributed by atoms with Crippen molar-refractivity contribution in [1.82, 2.24) is 4.57 Å². The Kier molecular flexibility index (Phi) is 7.74. The van der Waals surface area contributed by atoms with Gasteiger partial charge in [-0.15, -0.1) is 0 Å². The zero-order chi connectivity index (χ0) is 32.8. The third-order valence-corrected chi connectivity index (χ3v) is 9.53. The lowest BCUT2D eigenvalue weighted by atomic mass is 9.87. The normalized spacial score (nSPS) is 11.6. The number of rotatable bonds is 6. The van der Waals surface area contributed by atoms with Crippen LogP contribution in [0.5, 0.6) is 0 Å². The van der Waals surface area contributed by atoms with Crippen LogP contribution in [-0.2, 0) is 7.05 Å². The molecule has 7 aromatic rings. The van der Waals surface area contributed by atoms with E-state index in [9.17, 15) is 5.26 Å². The molecule has 1 aromatic heterocycles. The van der Waals surface area contributed by atoms with E-state index in [0.717, 1.165) is 16.9 Å². The average molecular weight is 611 g/mol. The Hall–Kier alpha value is -5.46. The van der Waals surface area contributed by atoms with E-state index in [2.05, 4.69) is 172 Å². The molecule has 47 heavy (non-hydrogen) atoms. The lowest BCUT2D eigenvalue weighted by Gasteiger charge is -2.21. The number of hydrogen-bond donors (Lipinski definition) is 0. The van der Waals surface area contributed by atoms with Crippen LogP contribution in [0.15, 0.2) is 121 Å².